The Hall–Kier alpha value is -2.28. The van der Waals surface area contributed by atoms with Gasteiger partial charge >= 0.3 is 6.18 Å². The number of hydrogen-bond donors (Lipinski definition) is 3. The molecule has 2 aromatic rings. The topological polar surface area (TPSA) is 36.1 Å². The predicted octanol–water partition coefficient (Wildman–Crippen LogP) is 4.64. The van der Waals surface area contributed by atoms with Crippen molar-refractivity contribution in [3.05, 3.63) is 59.2 Å². The highest BCUT2D eigenvalue weighted by molar-refractivity contribution is 7.80. The quantitative estimate of drug-likeness (QED) is 0.563. The fraction of sp³-hybridized carbons (Fsp3) is 0.188. The van der Waals surface area contributed by atoms with E-state index in [0.717, 1.165) is 28.9 Å². The van der Waals surface area contributed by atoms with Crippen LogP contribution < -0.4 is 16.2 Å². The van der Waals surface area contributed by atoms with Crippen molar-refractivity contribution in [2.45, 2.75) is 20.0 Å². The minimum absolute atomic E-state index is 0.255. The summed E-state index contributed by atoms with van der Waals surface area (Å²) in [6, 6.07) is 10.6. The van der Waals surface area contributed by atoms with Crippen LogP contribution in [0.5, 0.6) is 0 Å². The Bertz CT molecular complexity index is 714. The number of anilines is 2. The summed E-state index contributed by atoms with van der Waals surface area (Å²) in [6.45, 7) is 3.99. The number of halogens is 3. The molecule has 0 heterocycles. The maximum atomic E-state index is 12.6. The summed E-state index contributed by atoms with van der Waals surface area (Å²) < 4.78 is 37.9. The van der Waals surface area contributed by atoms with Crippen LogP contribution >= 0.6 is 12.2 Å². The second-order valence-electron chi connectivity index (χ2n) is 5.08. The van der Waals surface area contributed by atoms with Crippen molar-refractivity contribution in [1.82, 2.24) is 5.43 Å². The average molecular weight is 339 g/mol. The van der Waals surface area contributed by atoms with Crippen LogP contribution in [-0.4, -0.2) is 5.11 Å². The Balaban J connectivity index is 1.95. The Morgan fingerprint density at radius 1 is 0.957 bits per heavy atom. The van der Waals surface area contributed by atoms with Crippen LogP contribution in [0.3, 0.4) is 0 Å². The van der Waals surface area contributed by atoms with E-state index in [2.05, 4.69) is 16.2 Å². The summed E-state index contributed by atoms with van der Waals surface area (Å²) in [5, 5.41) is 3.22. The lowest BCUT2D eigenvalue weighted by molar-refractivity contribution is -0.137. The molecular formula is C16H16F3N3S. The van der Waals surface area contributed by atoms with Crippen LogP contribution in [0.25, 0.3) is 0 Å². The molecule has 122 valence electrons. The molecule has 0 bridgehead atoms. The van der Waals surface area contributed by atoms with Gasteiger partial charge in [0, 0.05) is 5.69 Å². The second-order valence-corrected chi connectivity index (χ2v) is 5.49. The van der Waals surface area contributed by atoms with Crippen LogP contribution in [0.2, 0.25) is 0 Å². The van der Waals surface area contributed by atoms with E-state index < -0.39 is 11.7 Å². The molecule has 0 saturated carbocycles. The zero-order chi connectivity index (χ0) is 17.0. The summed E-state index contributed by atoms with van der Waals surface area (Å²) in [4.78, 5) is 0. The zero-order valence-corrected chi connectivity index (χ0v) is 13.4. The largest absolute Gasteiger partial charge is 0.416 e. The lowest BCUT2D eigenvalue weighted by Gasteiger charge is -2.14. The van der Waals surface area contributed by atoms with Crippen molar-refractivity contribution in [1.29, 1.82) is 0 Å². The van der Waals surface area contributed by atoms with Gasteiger partial charge in [0.25, 0.3) is 0 Å². The van der Waals surface area contributed by atoms with E-state index in [0.29, 0.717) is 0 Å². The van der Waals surface area contributed by atoms with Crippen molar-refractivity contribution >= 4 is 28.7 Å². The molecule has 23 heavy (non-hydrogen) atoms. The summed E-state index contributed by atoms with van der Waals surface area (Å²) in [5.74, 6) is 0. The van der Waals surface area contributed by atoms with Crippen molar-refractivity contribution in [2.75, 3.05) is 10.7 Å². The molecule has 3 nitrogen and oxygen atoms in total. The van der Waals surface area contributed by atoms with Gasteiger partial charge in [-0.05, 0) is 67.5 Å². The number of thiocarbonyl (C=S) groups is 1. The molecule has 0 aliphatic heterocycles. The van der Waals surface area contributed by atoms with Crippen molar-refractivity contribution in [3.8, 4) is 0 Å². The molecule has 0 aliphatic carbocycles. The first-order valence-corrected chi connectivity index (χ1v) is 7.24. The van der Waals surface area contributed by atoms with Gasteiger partial charge in [0.2, 0.25) is 0 Å². The molecule has 3 N–H and O–H groups in total. The first-order valence-electron chi connectivity index (χ1n) is 6.83. The number of benzene rings is 2. The highest BCUT2D eigenvalue weighted by atomic mass is 32.1. The molecule has 0 aromatic heterocycles. The Kier molecular flexibility index (Phi) is 5.10. The molecule has 0 radical (unpaired) electrons. The zero-order valence-electron chi connectivity index (χ0n) is 12.6. The van der Waals surface area contributed by atoms with E-state index in [-0.39, 0.29) is 10.8 Å². The van der Waals surface area contributed by atoms with Crippen molar-refractivity contribution in [2.24, 2.45) is 0 Å². The molecule has 0 unspecified atom stereocenters. The molecule has 0 spiro atoms. The van der Waals surface area contributed by atoms with Crippen molar-refractivity contribution in [3.63, 3.8) is 0 Å². The summed E-state index contributed by atoms with van der Waals surface area (Å²) in [6.07, 6.45) is -4.38. The minimum atomic E-state index is -4.38. The maximum Gasteiger partial charge on any atom is 0.416 e. The first kappa shape index (κ1) is 17.1. The standard InChI is InChI=1S/C16H16F3N3S/c1-10-6-7-13(8-11(10)2)20-15(23)22-21-14-5-3-4-12(9-14)16(17,18)19/h3-9,21H,1-2H3,(H2,20,22,23). The molecule has 2 rings (SSSR count). The van der Waals surface area contributed by atoms with Gasteiger partial charge < -0.3 is 5.32 Å². The normalized spacial score (nSPS) is 11.0. The SMILES string of the molecule is Cc1ccc(NC(=S)NNc2cccc(C(F)(F)F)c2)cc1C. The van der Waals surface area contributed by atoms with Crippen LogP contribution in [0.15, 0.2) is 42.5 Å². The van der Waals surface area contributed by atoms with Gasteiger partial charge in [0.05, 0.1) is 11.3 Å². The molecule has 0 saturated heterocycles. The van der Waals surface area contributed by atoms with E-state index in [1.54, 1.807) is 0 Å². The third-order valence-electron chi connectivity index (χ3n) is 3.28. The second kappa shape index (κ2) is 6.87. The number of rotatable bonds is 3. The highest BCUT2D eigenvalue weighted by Crippen LogP contribution is 2.30. The Morgan fingerprint density at radius 2 is 1.70 bits per heavy atom. The molecule has 7 heteroatoms. The molecule has 0 fully saturated rings. The highest BCUT2D eigenvalue weighted by Gasteiger charge is 2.30. The van der Waals surface area contributed by atoms with Crippen LogP contribution in [0, 0.1) is 13.8 Å². The van der Waals surface area contributed by atoms with Gasteiger partial charge in [0.1, 0.15) is 0 Å². The molecule has 0 amide bonds. The fourth-order valence-corrected chi connectivity index (χ4v) is 2.05. The maximum absolute atomic E-state index is 12.6. The van der Waals surface area contributed by atoms with E-state index in [9.17, 15) is 13.2 Å². The fourth-order valence-electron chi connectivity index (χ4n) is 1.88. The van der Waals surface area contributed by atoms with E-state index in [1.165, 1.54) is 12.1 Å². The van der Waals surface area contributed by atoms with Gasteiger partial charge in [-0.3, -0.25) is 10.9 Å². The summed E-state index contributed by atoms with van der Waals surface area (Å²) in [7, 11) is 0. The van der Waals surface area contributed by atoms with E-state index >= 15 is 0 Å². The van der Waals surface area contributed by atoms with Crippen molar-refractivity contribution < 1.29 is 13.2 Å². The smallest absolute Gasteiger partial charge is 0.331 e. The third-order valence-corrected chi connectivity index (χ3v) is 3.48. The van der Waals surface area contributed by atoms with Crippen LogP contribution in [-0.2, 0) is 6.18 Å². The molecule has 0 atom stereocenters. The predicted molar refractivity (Wildman–Crippen MR) is 90.3 cm³/mol. The minimum Gasteiger partial charge on any atom is -0.331 e. The lowest BCUT2D eigenvalue weighted by Crippen LogP contribution is -2.33. The van der Waals surface area contributed by atoms with Gasteiger partial charge in [0.15, 0.2) is 5.11 Å². The number of hydrogen-bond acceptors (Lipinski definition) is 2. The summed E-state index contributed by atoms with van der Waals surface area (Å²) in [5.41, 5.74) is 7.94. The Labute approximate surface area is 137 Å². The molecular weight excluding hydrogens is 323 g/mol. The van der Waals surface area contributed by atoms with Crippen LogP contribution in [0.1, 0.15) is 16.7 Å². The van der Waals surface area contributed by atoms with Gasteiger partial charge in [-0.1, -0.05) is 12.1 Å². The molecule has 2 aromatic carbocycles. The number of aryl methyl sites for hydroxylation is 2. The number of alkyl halides is 3. The van der Waals surface area contributed by atoms with Gasteiger partial charge in [-0.15, -0.1) is 0 Å². The average Bonchev–Trinajstić information content (AvgIpc) is 2.48. The first-order chi connectivity index (χ1) is 10.8. The summed E-state index contributed by atoms with van der Waals surface area (Å²) >= 11 is 5.11. The monoisotopic (exact) mass is 339 g/mol. The number of nitrogens with one attached hydrogen (secondary N) is 3. The third kappa shape index (κ3) is 4.85. The Morgan fingerprint density at radius 3 is 2.35 bits per heavy atom. The van der Waals surface area contributed by atoms with Gasteiger partial charge in [-0.25, -0.2) is 0 Å². The number of hydrazine groups is 1. The molecule has 0 aliphatic rings. The lowest BCUT2D eigenvalue weighted by atomic mass is 10.1. The van der Waals surface area contributed by atoms with E-state index in [1.807, 2.05) is 32.0 Å². The van der Waals surface area contributed by atoms with E-state index in [4.69, 9.17) is 12.2 Å². The van der Waals surface area contributed by atoms with Crippen LogP contribution in [0.4, 0.5) is 24.5 Å². The van der Waals surface area contributed by atoms with Gasteiger partial charge in [-0.2, -0.15) is 13.2 Å².